The van der Waals surface area contributed by atoms with Gasteiger partial charge in [0.15, 0.2) is 0 Å². The van der Waals surface area contributed by atoms with Crippen molar-refractivity contribution in [2.75, 3.05) is 4.90 Å². The lowest BCUT2D eigenvalue weighted by atomic mass is 9.59. The molecule has 6 heteroatoms. The molecule has 2 atom stereocenters. The number of anilines is 1. The molecule has 3 saturated carbocycles. The Balaban J connectivity index is 1.52. The summed E-state index contributed by atoms with van der Waals surface area (Å²) < 4.78 is 19.8. The first-order chi connectivity index (χ1) is 11.4. The molecule has 0 spiro atoms. The van der Waals surface area contributed by atoms with Gasteiger partial charge in [-0.3, -0.25) is 23.6 Å². The highest BCUT2D eigenvalue weighted by Crippen LogP contribution is 2.55. The van der Waals surface area contributed by atoms with Crippen LogP contribution in [0.25, 0.3) is 0 Å². The van der Waals surface area contributed by atoms with E-state index in [9.17, 15) is 18.7 Å². The number of imide groups is 1. The van der Waals surface area contributed by atoms with E-state index in [-0.39, 0.29) is 35.2 Å². The number of rotatable bonds is 1. The van der Waals surface area contributed by atoms with Crippen molar-refractivity contribution in [3.05, 3.63) is 29.3 Å². The van der Waals surface area contributed by atoms with Crippen molar-refractivity contribution in [2.45, 2.75) is 37.2 Å². The summed E-state index contributed by atoms with van der Waals surface area (Å²) in [5.74, 6) is 0.903. The quantitative estimate of drug-likeness (QED) is 0.764. The summed E-state index contributed by atoms with van der Waals surface area (Å²) in [4.78, 5) is 27.3. The number of hydrogen-bond donors (Lipinski definition) is 2. The maximum Gasteiger partial charge on any atom is 0.237 e. The van der Waals surface area contributed by atoms with Crippen LogP contribution in [0.15, 0.2) is 18.2 Å². The van der Waals surface area contributed by atoms with Crippen LogP contribution in [0.4, 0.5) is 5.69 Å². The van der Waals surface area contributed by atoms with Gasteiger partial charge < -0.3 is 0 Å². The lowest BCUT2D eigenvalue weighted by molar-refractivity contribution is -0.129. The molecule has 0 aromatic heterocycles. The fourth-order valence-corrected chi connectivity index (χ4v) is 7.05. The molecule has 3 aliphatic carbocycles. The number of amides is 2. The standard InChI is InChI=1S/C18H21NO4S/c20-17-15-10-1-2-11(4-3-10)16(15)18(21)19(17)14-6-5-12-8-24(22,23)9-13(12)7-14/h5-7,10-11,15-16,22-23H,1-4,8-9H2/t10?,11?,15-,16+. The molecule has 2 heterocycles. The maximum atomic E-state index is 13.0. The molecule has 2 bridgehead atoms. The number of hydrogen-bond acceptors (Lipinski definition) is 4. The van der Waals surface area contributed by atoms with Crippen LogP contribution < -0.4 is 4.90 Å². The minimum absolute atomic E-state index is 0.0380. The Morgan fingerprint density at radius 3 is 2.00 bits per heavy atom. The summed E-state index contributed by atoms with van der Waals surface area (Å²) in [5, 5.41) is 0. The smallest absolute Gasteiger partial charge is 0.237 e. The van der Waals surface area contributed by atoms with Gasteiger partial charge in [-0.15, -0.1) is 0 Å². The highest BCUT2D eigenvalue weighted by molar-refractivity contribution is 8.23. The third-order valence-corrected chi connectivity index (χ3v) is 8.00. The van der Waals surface area contributed by atoms with E-state index in [0.717, 1.165) is 36.8 Å². The van der Waals surface area contributed by atoms with Crippen molar-refractivity contribution in [3.8, 4) is 0 Å². The van der Waals surface area contributed by atoms with E-state index in [1.165, 1.54) is 4.90 Å². The van der Waals surface area contributed by atoms with E-state index >= 15 is 0 Å². The van der Waals surface area contributed by atoms with Gasteiger partial charge in [0.25, 0.3) is 0 Å². The average Bonchev–Trinajstić information content (AvgIpc) is 3.02. The summed E-state index contributed by atoms with van der Waals surface area (Å²) in [5.41, 5.74) is 2.37. The van der Waals surface area contributed by atoms with Crippen molar-refractivity contribution in [1.29, 1.82) is 0 Å². The van der Waals surface area contributed by atoms with Gasteiger partial charge in [-0.2, -0.15) is 10.6 Å². The summed E-state index contributed by atoms with van der Waals surface area (Å²) in [7, 11) is -2.59. The highest BCUT2D eigenvalue weighted by atomic mass is 32.3. The first-order valence-electron chi connectivity index (χ1n) is 8.68. The van der Waals surface area contributed by atoms with Crippen molar-refractivity contribution in [2.24, 2.45) is 23.7 Å². The lowest BCUT2D eigenvalue weighted by Crippen LogP contribution is -2.41. The van der Waals surface area contributed by atoms with Crippen molar-refractivity contribution in [1.82, 2.24) is 0 Å². The van der Waals surface area contributed by atoms with Crippen LogP contribution in [0.3, 0.4) is 0 Å². The van der Waals surface area contributed by atoms with Crippen LogP contribution in [-0.4, -0.2) is 20.9 Å². The zero-order valence-corrected chi connectivity index (χ0v) is 14.2. The van der Waals surface area contributed by atoms with E-state index in [2.05, 4.69) is 0 Å². The first kappa shape index (κ1) is 14.9. The zero-order chi connectivity index (χ0) is 16.6. The zero-order valence-electron chi connectivity index (χ0n) is 13.4. The number of carbonyl (C=O) groups is 2. The predicted molar refractivity (Wildman–Crippen MR) is 91.6 cm³/mol. The van der Waals surface area contributed by atoms with Crippen molar-refractivity contribution < 1.29 is 18.7 Å². The maximum absolute atomic E-state index is 13.0. The molecule has 1 aromatic carbocycles. The average molecular weight is 347 g/mol. The summed E-state index contributed by atoms with van der Waals surface area (Å²) in [6.07, 6.45) is 4.29. The molecule has 4 fully saturated rings. The number of carbonyl (C=O) groups excluding carboxylic acids is 2. The summed E-state index contributed by atoms with van der Waals surface area (Å²) in [6, 6.07) is 5.43. The molecule has 24 heavy (non-hydrogen) atoms. The van der Waals surface area contributed by atoms with Gasteiger partial charge in [0, 0.05) is 0 Å². The first-order valence-corrected chi connectivity index (χ1v) is 10.6. The Labute approximate surface area is 142 Å². The highest BCUT2D eigenvalue weighted by Gasteiger charge is 2.58. The van der Waals surface area contributed by atoms with Gasteiger partial charge in [0.05, 0.1) is 29.0 Å². The summed E-state index contributed by atoms with van der Waals surface area (Å²) in [6.45, 7) is 0. The second-order valence-corrected chi connectivity index (χ2v) is 9.96. The van der Waals surface area contributed by atoms with Gasteiger partial charge in [-0.1, -0.05) is 6.07 Å². The van der Waals surface area contributed by atoms with Crippen molar-refractivity contribution in [3.63, 3.8) is 0 Å². The molecule has 5 nitrogen and oxygen atoms in total. The molecular weight excluding hydrogens is 326 g/mol. The molecule has 0 radical (unpaired) electrons. The molecule has 128 valence electrons. The predicted octanol–water partition coefficient (Wildman–Crippen LogP) is 3.38. The Morgan fingerprint density at radius 1 is 0.875 bits per heavy atom. The molecule has 1 saturated heterocycles. The molecule has 2 amide bonds. The van der Waals surface area contributed by atoms with Crippen LogP contribution in [0.2, 0.25) is 0 Å². The molecular formula is C18H21NO4S. The van der Waals surface area contributed by atoms with Gasteiger partial charge in [0.2, 0.25) is 11.8 Å². The van der Waals surface area contributed by atoms with Crippen LogP contribution in [0.1, 0.15) is 36.8 Å². The van der Waals surface area contributed by atoms with E-state index < -0.39 is 10.6 Å². The molecule has 6 rings (SSSR count). The van der Waals surface area contributed by atoms with Crippen LogP contribution >= 0.6 is 10.6 Å². The van der Waals surface area contributed by atoms with Gasteiger partial charge >= 0.3 is 0 Å². The number of nitrogens with zero attached hydrogens (tertiary/aromatic N) is 1. The molecule has 2 aliphatic heterocycles. The second-order valence-electron chi connectivity index (χ2n) is 7.78. The van der Waals surface area contributed by atoms with E-state index in [1.807, 2.05) is 12.1 Å². The van der Waals surface area contributed by atoms with Crippen LogP contribution in [-0.2, 0) is 21.1 Å². The second kappa shape index (κ2) is 4.84. The Hall–Kier alpha value is -1.37. The van der Waals surface area contributed by atoms with E-state index in [4.69, 9.17) is 0 Å². The topological polar surface area (TPSA) is 77.8 Å². The number of benzene rings is 1. The normalized spacial score (nSPS) is 37.5. The minimum atomic E-state index is -2.59. The van der Waals surface area contributed by atoms with Crippen LogP contribution in [0, 0.1) is 23.7 Å². The molecule has 5 aliphatic rings. The van der Waals surface area contributed by atoms with E-state index in [1.54, 1.807) is 6.07 Å². The minimum Gasteiger partial charge on any atom is -0.299 e. The monoisotopic (exact) mass is 347 g/mol. The third-order valence-electron chi connectivity index (χ3n) is 6.45. The third kappa shape index (κ3) is 1.96. The Bertz CT molecular complexity index is 723. The van der Waals surface area contributed by atoms with Gasteiger partial charge in [0.1, 0.15) is 0 Å². The molecule has 2 N–H and O–H groups in total. The van der Waals surface area contributed by atoms with Gasteiger partial charge in [-0.05, 0) is 60.8 Å². The lowest BCUT2D eigenvalue weighted by Gasteiger charge is -2.42. The number of fused-ring (bicyclic) bond motifs is 3. The summed E-state index contributed by atoms with van der Waals surface area (Å²) >= 11 is 0. The fourth-order valence-electron chi connectivity index (χ4n) is 5.40. The largest absolute Gasteiger partial charge is 0.299 e. The molecule has 1 aromatic rings. The molecule has 0 unspecified atom stereocenters. The Kier molecular flexibility index (Phi) is 3.01. The SMILES string of the molecule is O=C1[C@@H]2C3CCC(CC3)[C@@H]2C(=O)N1c1ccc2c(c1)CS(O)(O)C2. The van der Waals surface area contributed by atoms with Crippen LogP contribution in [0.5, 0.6) is 0 Å². The van der Waals surface area contributed by atoms with E-state index in [0.29, 0.717) is 17.5 Å². The Morgan fingerprint density at radius 2 is 1.42 bits per heavy atom. The fraction of sp³-hybridized carbons (Fsp3) is 0.556. The van der Waals surface area contributed by atoms with Gasteiger partial charge in [-0.25, -0.2) is 0 Å². The van der Waals surface area contributed by atoms with Crippen molar-refractivity contribution >= 4 is 28.1 Å².